The number of thiophene rings is 1. The lowest BCUT2D eigenvalue weighted by molar-refractivity contribution is -0.131. The fraction of sp³-hybridized carbons (Fsp3) is 0.312. The topological polar surface area (TPSA) is 97.4 Å². The number of esters is 1. The number of ether oxygens (including phenoxy) is 1. The number of nitrogens with zero attached hydrogens (tertiary/aromatic N) is 4. The Morgan fingerprint density at radius 1 is 0.976 bits per heavy atom. The Hall–Kier alpha value is -3.73. The van der Waals surface area contributed by atoms with E-state index in [2.05, 4.69) is 28.0 Å². The van der Waals surface area contributed by atoms with Gasteiger partial charge in [0.1, 0.15) is 0 Å². The number of benzene rings is 2. The number of thioether (sulfide) groups is 1. The highest BCUT2D eigenvalue weighted by atomic mass is 32.2. The third-order valence-electron chi connectivity index (χ3n) is 7.18. The molecule has 41 heavy (non-hydrogen) atoms. The minimum absolute atomic E-state index is 0.202. The Morgan fingerprint density at radius 3 is 2.27 bits per heavy atom. The Bertz CT molecular complexity index is 1570. The first-order valence-electron chi connectivity index (χ1n) is 13.5. The van der Waals surface area contributed by atoms with Crippen LogP contribution in [0.1, 0.15) is 46.0 Å². The lowest BCUT2D eigenvalue weighted by Crippen LogP contribution is -2.35. The minimum Gasteiger partial charge on any atom is -0.416 e. The van der Waals surface area contributed by atoms with Gasteiger partial charge in [0.15, 0.2) is 5.06 Å². The van der Waals surface area contributed by atoms with Gasteiger partial charge in [0.25, 0.3) is 0 Å². The second kappa shape index (κ2) is 13.3. The van der Waals surface area contributed by atoms with Crippen molar-refractivity contribution in [1.82, 2.24) is 9.80 Å². The molecule has 6 rings (SSSR count). The average Bonchev–Trinajstić information content (AvgIpc) is 3.54. The van der Waals surface area contributed by atoms with Crippen LogP contribution >= 0.6 is 23.1 Å². The summed E-state index contributed by atoms with van der Waals surface area (Å²) >= 11 is 3.03. The lowest BCUT2D eigenvalue weighted by Gasteiger charge is -2.31. The second-order valence-corrected chi connectivity index (χ2v) is 12.6. The summed E-state index contributed by atoms with van der Waals surface area (Å²) in [6.07, 6.45) is 3.81. The number of nitriles is 2. The summed E-state index contributed by atoms with van der Waals surface area (Å²) in [5.74, 6) is -0.274. The fourth-order valence-corrected chi connectivity index (χ4v) is 7.41. The molecule has 1 unspecified atom stereocenters. The molecule has 0 bridgehead atoms. The van der Waals surface area contributed by atoms with E-state index < -0.39 is 0 Å². The van der Waals surface area contributed by atoms with E-state index in [0.29, 0.717) is 21.4 Å². The van der Waals surface area contributed by atoms with E-state index in [9.17, 15) is 9.59 Å². The average molecular weight is 583 g/mol. The molecule has 9 heteroatoms. The molecule has 1 saturated heterocycles. The summed E-state index contributed by atoms with van der Waals surface area (Å²) in [4.78, 5) is 28.4. The van der Waals surface area contributed by atoms with E-state index in [0.717, 1.165) is 63.2 Å². The Labute approximate surface area is 248 Å². The van der Waals surface area contributed by atoms with Crippen molar-refractivity contribution in [3.63, 3.8) is 0 Å². The van der Waals surface area contributed by atoms with Crippen LogP contribution in [-0.4, -0.2) is 45.8 Å². The molecule has 1 aromatic heterocycles. The zero-order valence-corrected chi connectivity index (χ0v) is 24.5. The number of rotatable bonds is 5. The summed E-state index contributed by atoms with van der Waals surface area (Å²) < 4.78 is 5.18. The normalized spacial score (nSPS) is 18.2. The highest BCUT2D eigenvalue weighted by molar-refractivity contribution is 8.15. The summed E-state index contributed by atoms with van der Waals surface area (Å²) in [5.41, 5.74) is 6.22. The van der Waals surface area contributed by atoms with Crippen molar-refractivity contribution in [2.45, 2.75) is 44.6 Å². The standard InChI is InChI=1S/C17H16N2O2S.C15H14N2OS/c1-12(20)21-17-8-15-11-19(6-5-16(15)22-17)10-14-4-2-3-13(7-14)9-18;16-8-11-2-1-3-12(6-11)9-17-5-4-14-13(10-17)7-15(18)19-14/h2-4,7-8H,5-6,10-11H2,1H3;1-3,6-7,14H,4-5,9-10H2. The van der Waals surface area contributed by atoms with Crippen LogP contribution in [-0.2, 0) is 35.6 Å². The van der Waals surface area contributed by atoms with Gasteiger partial charge in [0, 0.05) is 56.3 Å². The van der Waals surface area contributed by atoms with E-state index in [1.54, 1.807) is 17.4 Å². The maximum atomic E-state index is 11.4. The van der Waals surface area contributed by atoms with Gasteiger partial charge < -0.3 is 4.74 Å². The lowest BCUT2D eigenvalue weighted by atomic mass is 10.0. The first-order chi connectivity index (χ1) is 19.9. The molecule has 3 aliphatic rings. The first-order valence-corrected chi connectivity index (χ1v) is 15.2. The van der Waals surface area contributed by atoms with Crippen molar-refractivity contribution in [2.75, 3.05) is 19.6 Å². The highest BCUT2D eigenvalue weighted by Crippen LogP contribution is 2.35. The molecular formula is C32H30N4O3S2. The quantitative estimate of drug-likeness (QED) is 0.367. The number of likely N-dealkylation sites (tertiary alicyclic amines) is 1. The van der Waals surface area contributed by atoms with Crippen LogP contribution in [0.5, 0.6) is 5.06 Å². The largest absolute Gasteiger partial charge is 0.416 e. The van der Waals surface area contributed by atoms with Crippen molar-refractivity contribution < 1.29 is 14.3 Å². The molecule has 0 spiro atoms. The molecule has 7 nitrogen and oxygen atoms in total. The molecule has 1 atom stereocenters. The molecule has 208 valence electrons. The maximum Gasteiger partial charge on any atom is 0.308 e. The van der Waals surface area contributed by atoms with Gasteiger partial charge in [-0.3, -0.25) is 19.4 Å². The molecule has 1 fully saturated rings. The van der Waals surface area contributed by atoms with E-state index >= 15 is 0 Å². The third kappa shape index (κ3) is 7.72. The van der Waals surface area contributed by atoms with Crippen LogP contribution in [0.15, 0.2) is 66.2 Å². The van der Waals surface area contributed by atoms with Crippen molar-refractivity contribution in [2.24, 2.45) is 0 Å². The molecule has 0 aliphatic carbocycles. The van der Waals surface area contributed by atoms with Gasteiger partial charge in [0.2, 0.25) is 5.12 Å². The summed E-state index contributed by atoms with van der Waals surface area (Å²) in [5, 5.41) is 19.2. The minimum atomic E-state index is -0.274. The Balaban J connectivity index is 0.000000166. The number of piperidine rings is 1. The van der Waals surface area contributed by atoms with E-state index in [-0.39, 0.29) is 11.1 Å². The predicted molar refractivity (Wildman–Crippen MR) is 160 cm³/mol. The number of carbonyl (C=O) groups is 2. The van der Waals surface area contributed by atoms with Crippen LogP contribution in [0.3, 0.4) is 0 Å². The summed E-state index contributed by atoms with van der Waals surface area (Å²) in [6.45, 7) is 6.81. The molecule has 0 radical (unpaired) electrons. The SMILES string of the molecule is CC(=O)Oc1cc2c(s1)CCN(Cc1cccc(C#N)c1)C2.N#Cc1cccc(CN2CCC3SC(=O)C=C3C2)c1. The molecule has 3 aliphatic heterocycles. The van der Waals surface area contributed by atoms with Gasteiger partial charge in [-0.2, -0.15) is 10.5 Å². The highest BCUT2D eigenvalue weighted by Gasteiger charge is 2.31. The zero-order chi connectivity index (χ0) is 28.8. The number of hydrogen-bond donors (Lipinski definition) is 0. The third-order valence-corrected chi connectivity index (χ3v) is 9.47. The second-order valence-electron chi connectivity index (χ2n) is 10.3. The van der Waals surface area contributed by atoms with Crippen molar-refractivity contribution >= 4 is 34.2 Å². The molecule has 2 aromatic carbocycles. The zero-order valence-electron chi connectivity index (χ0n) is 22.8. The van der Waals surface area contributed by atoms with Crippen molar-refractivity contribution in [3.8, 4) is 17.2 Å². The number of fused-ring (bicyclic) bond motifs is 2. The predicted octanol–water partition coefficient (Wildman–Crippen LogP) is 5.44. The molecular weight excluding hydrogens is 553 g/mol. The Kier molecular flexibility index (Phi) is 9.33. The maximum absolute atomic E-state index is 11.4. The number of hydrogen-bond acceptors (Lipinski definition) is 9. The fourth-order valence-electron chi connectivity index (χ4n) is 5.34. The van der Waals surface area contributed by atoms with Crippen molar-refractivity contribution in [1.29, 1.82) is 10.5 Å². The van der Waals surface area contributed by atoms with Gasteiger partial charge in [-0.15, -0.1) is 11.3 Å². The van der Waals surface area contributed by atoms with Gasteiger partial charge in [-0.25, -0.2) is 0 Å². The van der Waals surface area contributed by atoms with Crippen LogP contribution in [0.4, 0.5) is 0 Å². The van der Waals surface area contributed by atoms with Crippen LogP contribution in [0.25, 0.3) is 0 Å². The van der Waals surface area contributed by atoms with E-state index in [1.165, 1.54) is 34.7 Å². The molecule has 3 aromatic rings. The van der Waals surface area contributed by atoms with E-state index in [1.807, 2.05) is 48.5 Å². The van der Waals surface area contributed by atoms with E-state index in [4.69, 9.17) is 15.3 Å². The van der Waals surface area contributed by atoms with Gasteiger partial charge in [0.05, 0.1) is 23.3 Å². The molecule has 0 N–H and O–H groups in total. The van der Waals surface area contributed by atoms with Crippen molar-refractivity contribution in [3.05, 3.63) is 98.9 Å². The van der Waals surface area contributed by atoms with Gasteiger partial charge >= 0.3 is 5.97 Å². The van der Waals surface area contributed by atoms with Gasteiger partial charge in [-0.05, 0) is 71.5 Å². The molecule has 4 heterocycles. The number of carbonyl (C=O) groups excluding carboxylic acids is 2. The summed E-state index contributed by atoms with van der Waals surface area (Å²) in [6, 6.07) is 21.8. The van der Waals surface area contributed by atoms with Crippen LogP contribution in [0, 0.1) is 22.7 Å². The first kappa shape index (κ1) is 28.8. The molecule has 0 amide bonds. The monoisotopic (exact) mass is 582 g/mol. The summed E-state index contributed by atoms with van der Waals surface area (Å²) in [7, 11) is 0. The smallest absolute Gasteiger partial charge is 0.308 e. The molecule has 0 saturated carbocycles. The van der Waals surface area contributed by atoms with Crippen LogP contribution < -0.4 is 4.74 Å². The Morgan fingerprint density at radius 2 is 1.63 bits per heavy atom. The van der Waals surface area contributed by atoms with Crippen LogP contribution in [0.2, 0.25) is 0 Å². The van der Waals surface area contributed by atoms with Gasteiger partial charge in [-0.1, -0.05) is 36.0 Å².